The molecule has 0 radical (unpaired) electrons. The Kier molecular flexibility index (Phi) is 5.74. The summed E-state index contributed by atoms with van der Waals surface area (Å²) in [5, 5.41) is 12.8. The van der Waals surface area contributed by atoms with Crippen molar-refractivity contribution in [2.45, 2.75) is 43.9 Å². The Labute approximate surface area is 178 Å². The van der Waals surface area contributed by atoms with Gasteiger partial charge in [-0.2, -0.15) is 13.2 Å². The molecule has 0 bridgehead atoms. The van der Waals surface area contributed by atoms with Crippen LogP contribution in [0.2, 0.25) is 0 Å². The first-order valence-corrected chi connectivity index (χ1v) is 10.3. The maximum atomic E-state index is 13.3. The Morgan fingerprint density at radius 3 is 2.61 bits per heavy atom. The average molecular weight is 438 g/mol. The molecule has 2 saturated heterocycles. The van der Waals surface area contributed by atoms with Crippen molar-refractivity contribution in [3.8, 4) is 0 Å². The number of amides is 1. The molecule has 0 aliphatic carbocycles. The Hall–Kier alpha value is -2.52. The first-order chi connectivity index (χ1) is 14.6. The zero-order chi connectivity index (χ0) is 22.2. The summed E-state index contributed by atoms with van der Waals surface area (Å²) in [6, 6.07) is 6.50. The Morgan fingerprint density at radius 1 is 1.23 bits per heavy atom. The number of ether oxygens (including phenoxy) is 1. The van der Waals surface area contributed by atoms with E-state index in [4.69, 9.17) is 9.15 Å². The van der Waals surface area contributed by atoms with Gasteiger partial charge in [0.15, 0.2) is 5.76 Å². The zero-order valence-corrected chi connectivity index (χ0v) is 17.2. The van der Waals surface area contributed by atoms with Gasteiger partial charge >= 0.3 is 6.18 Å². The second-order valence-electron chi connectivity index (χ2n) is 8.44. The third-order valence-corrected chi connectivity index (χ3v) is 5.84. The summed E-state index contributed by atoms with van der Waals surface area (Å²) < 4.78 is 50.9. The molecule has 4 rings (SSSR count). The fraction of sp³-hybridized carbons (Fsp3) is 0.500. The molecule has 2 N–H and O–H groups in total. The van der Waals surface area contributed by atoms with Gasteiger partial charge in [-0.3, -0.25) is 4.79 Å². The first kappa shape index (κ1) is 21.7. The van der Waals surface area contributed by atoms with Gasteiger partial charge in [0.25, 0.3) is 5.91 Å². The van der Waals surface area contributed by atoms with Crippen molar-refractivity contribution >= 4 is 17.3 Å². The lowest BCUT2D eigenvalue weighted by Gasteiger charge is -2.24. The van der Waals surface area contributed by atoms with Gasteiger partial charge in [-0.05, 0) is 56.5 Å². The smallest absolute Gasteiger partial charge is 0.416 e. The van der Waals surface area contributed by atoms with Crippen LogP contribution in [0, 0.1) is 0 Å². The quantitative estimate of drug-likeness (QED) is 0.740. The standard InChI is InChI=1S/C22H25F3N2O4/c1-21(29)8-9-27(13-21)17-3-2-15(22(23,24)25)12-16(17)26-20(28)19-5-4-18(31-19)14-6-10-30-11-7-14/h2-5,12,14,29H,6-11,13H2,1H3,(H,26,28). The minimum Gasteiger partial charge on any atom is -0.456 e. The van der Waals surface area contributed by atoms with Crippen LogP contribution in [0.4, 0.5) is 24.5 Å². The average Bonchev–Trinajstić information content (AvgIpc) is 3.35. The number of nitrogens with one attached hydrogen (secondary N) is 1. The number of nitrogens with zero attached hydrogens (tertiary/aromatic N) is 1. The SMILES string of the molecule is CC1(O)CCN(c2ccc(C(F)(F)F)cc2NC(=O)c2ccc(C3CCOCC3)o2)C1. The number of hydrogen-bond acceptors (Lipinski definition) is 5. The second kappa shape index (κ2) is 8.20. The van der Waals surface area contributed by atoms with Crippen molar-refractivity contribution in [2.24, 2.45) is 0 Å². The number of hydrogen-bond donors (Lipinski definition) is 2. The highest BCUT2D eigenvalue weighted by atomic mass is 19.4. The molecule has 2 aliphatic heterocycles. The number of halogens is 3. The number of β-amino-alcohol motifs (C(OH)–C–C–N with tert-alkyl or cyclic N) is 1. The van der Waals surface area contributed by atoms with Gasteiger partial charge in [-0.25, -0.2) is 0 Å². The Balaban J connectivity index is 1.58. The van der Waals surface area contributed by atoms with Gasteiger partial charge in [-0.1, -0.05) is 0 Å². The van der Waals surface area contributed by atoms with Crippen molar-refractivity contribution in [1.82, 2.24) is 0 Å². The van der Waals surface area contributed by atoms with Crippen LogP contribution in [0.3, 0.4) is 0 Å². The van der Waals surface area contributed by atoms with Crippen LogP contribution in [-0.4, -0.2) is 42.9 Å². The molecular formula is C22H25F3N2O4. The number of furan rings is 1. The lowest BCUT2D eigenvalue weighted by molar-refractivity contribution is -0.137. The number of anilines is 2. The lowest BCUT2D eigenvalue weighted by atomic mass is 9.98. The summed E-state index contributed by atoms with van der Waals surface area (Å²) >= 11 is 0. The molecule has 1 aromatic heterocycles. The predicted octanol–water partition coefficient (Wildman–Crippen LogP) is 4.41. The molecule has 6 nitrogen and oxygen atoms in total. The molecule has 1 atom stereocenters. The highest BCUT2D eigenvalue weighted by molar-refractivity contribution is 6.04. The Morgan fingerprint density at radius 2 is 1.97 bits per heavy atom. The van der Waals surface area contributed by atoms with Crippen LogP contribution in [0.1, 0.15) is 54.0 Å². The van der Waals surface area contributed by atoms with Crippen molar-refractivity contribution in [3.63, 3.8) is 0 Å². The van der Waals surface area contributed by atoms with Gasteiger partial charge in [0.2, 0.25) is 0 Å². The van der Waals surface area contributed by atoms with Crippen LogP contribution in [0.25, 0.3) is 0 Å². The van der Waals surface area contributed by atoms with Crippen molar-refractivity contribution in [2.75, 3.05) is 36.5 Å². The summed E-state index contributed by atoms with van der Waals surface area (Å²) in [4.78, 5) is 14.6. The van der Waals surface area contributed by atoms with E-state index in [1.807, 2.05) is 0 Å². The molecule has 31 heavy (non-hydrogen) atoms. The highest BCUT2D eigenvalue weighted by Crippen LogP contribution is 2.38. The third-order valence-electron chi connectivity index (χ3n) is 5.84. The van der Waals surface area contributed by atoms with Crippen molar-refractivity contribution in [1.29, 1.82) is 0 Å². The fourth-order valence-corrected chi connectivity index (χ4v) is 4.10. The normalized spacial score (nSPS) is 22.7. The molecule has 1 unspecified atom stereocenters. The van der Waals surface area contributed by atoms with E-state index >= 15 is 0 Å². The minimum atomic E-state index is -4.55. The van der Waals surface area contributed by atoms with E-state index in [0.29, 0.717) is 37.6 Å². The summed E-state index contributed by atoms with van der Waals surface area (Å²) in [6.45, 7) is 3.65. The van der Waals surface area contributed by atoms with E-state index in [1.165, 1.54) is 12.1 Å². The van der Waals surface area contributed by atoms with E-state index in [-0.39, 0.29) is 23.9 Å². The zero-order valence-electron chi connectivity index (χ0n) is 17.2. The van der Waals surface area contributed by atoms with Crippen molar-refractivity contribution in [3.05, 3.63) is 47.4 Å². The summed E-state index contributed by atoms with van der Waals surface area (Å²) in [7, 11) is 0. The topological polar surface area (TPSA) is 74.9 Å². The first-order valence-electron chi connectivity index (χ1n) is 10.3. The molecule has 9 heteroatoms. The second-order valence-corrected chi connectivity index (χ2v) is 8.44. The molecule has 2 aromatic rings. The molecule has 168 valence electrons. The van der Waals surface area contributed by atoms with Crippen LogP contribution in [0.15, 0.2) is 34.7 Å². The van der Waals surface area contributed by atoms with E-state index in [2.05, 4.69) is 5.32 Å². The number of carbonyl (C=O) groups is 1. The maximum absolute atomic E-state index is 13.3. The molecule has 0 spiro atoms. The molecule has 1 amide bonds. The van der Waals surface area contributed by atoms with Crippen LogP contribution >= 0.6 is 0 Å². The van der Waals surface area contributed by atoms with E-state index in [9.17, 15) is 23.1 Å². The molecule has 2 aliphatic rings. The van der Waals surface area contributed by atoms with Crippen LogP contribution in [0.5, 0.6) is 0 Å². The van der Waals surface area contributed by atoms with Gasteiger partial charge in [0.1, 0.15) is 5.76 Å². The molecule has 1 aromatic carbocycles. The number of carbonyl (C=O) groups excluding carboxylic acids is 1. The summed E-state index contributed by atoms with van der Waals surface area (Å²) in [6.07, 6.45) is -2.48. The number of aliphatic hydroxyl groups is 1. The largest absolute Gasteiger partial charge is 0.456 e. The molecule has 3 heterocycles. The molecule has 0 saturated carbocycles. The monoisotopic (exact) mass is 438 g/mol. The number of alkyl halides is 3. The molecular weight excluding hydrogens is 413 g/mol. The Bertz CT molecular complexity index is 948. The van der Waals surface area contributed by atoms with E-state index in [0.717, 1.165) is 25.0 Å². The summed E-state index contributed by atoms with van der Waals surface area (Å²) in [5.41, 5.74) is -1.35. The third kappa shape index (κ3) is 4.88. The molecule has 2 fully saturated rings. The number of benzene rings is 1. The van der Waals surface area contributed by atoms with Crippen LogP contribution < -0.4 is 10.2 Å². The van der Waals surface area contributed by atoms with E-state index in [1.54, 1.807) is 17.9 Å². The summed E-state index contributed by atoms with van der Waals surface area (Å²) in [5.74, 6) is 0.252. The fourth-order valence-electron chi connectivity index (χ4n) is 4.10. The maximum Gasteiger partial charge on any atom is 0.416 e. The van der Waals surface area contributed by atoms with Crippen molar-refractivity contribution < 1.29 is 32.2 Å². The van der Waals surface area contributed by atoms with Crippen LogP contribution in [-0.2, 0) is 10.9 Å². The van der Waals surface area contributed by atoms with Gasteiger partial charge < -0.3 is 24.5 Å². The predicted molar refractivity (Wildman–Crippen MR) is 108 cm³/mol. The van der Waals surface area contributed by atoms with Gasteiger partial charge in [0, 0.05) is 32.2 Å². The minimum absolute atomic E-state index is 0.0292. The van der Waals surface area contributed by atoms with Gasteiger partial charge in [-0.15, -0.1) is 0 Å². The number of rotatable bonds is 4. The lowest BCUT2D eigenvalue weighted by Crippen LogP contribution is -2.30. The highest BCUT2D eigenvalue weighted by Gasteiger charge is 2.35. The van der Waals surface area contributed by atoms with Gasteiger partial charge in [0.05, 0.1) is 22.5 Å². The van der Waals surface area contributed by atoms with E-state index < -0.39 is 23.2 Å².